The van der Waals surface area contributed by atoms with Crippen LogP contribution in [0.25, 0.3) is 0 Å². The molecular weight excluding hydrogens is 216 g/mol. The average molecular weight is 236 g/mol. The van der Waals surface area contributed by atoms with Gasteiger partial charge in [0.2, 0.25) is 5.89 Å². The van der Waals surface area contributed by atoms with Crippen LogP contribution >= 0.6 is 0 Å². The number of nitrogens with one attached hydrogen (secondary N) is 1. The van der Waals surface area contributed by atoms with Gasteiger partial charge in [0.15, 0.2) is 5.82 Å². The Balaban J connectivity index is 1.56. The molecule has 1 N–H and O–H groups in total. The van der Waals surface area contributed by atoms with Crippen LogP contribution in [0.4, 0.5) is 0 Å². The molecule has 0 aliphatic carbocycles. The van der Waals surface area contributed by atoms with Crippen LogP contribution in [0.1, 0.15) is 25.1 Å². The van der Waals surface area contributed by atoms with Gasteiger partial charge in [0.05, 0.1) is 6.54 Å². The topological polar surface area (TPSA) is 54.2 Å². The lowest BCUT2D eigenvalue weighted by Gasteiger charge is -2.13. The summed E-state index contributed by atoms with van der Waals surface area (Å²) < 4.78 is 5.21. The second kappa shape index (κ2) is 4.74. The van der Waals surface area contributed by atoms with Crippen molar-refractivity contribution in [3.05, 3.63) is 11.7 Å². The van der Waals surface area contributed by atoms with Crippen molar-refractivity contribution in [3.8, 4) is 0 Å². The predicted molar refractivity (Wildman–Crippen MR) is 63.4 cm³/mol. The summed E-state index contributed by atoms with van der Waals surface area (Å²) in [6.07, 6.45) is 1.95. The van der Waals surface area contributed by atoms with Crippen molar-refractivity contribution in [3.63, 3.8) is 0 Å². The fraction of sp³-hybridized carbons (Fsp3) is 0.833. The third-order valence-electron chi connectivity index (χ3n) is 3.80. The van der Waals surface area contributed by atoms with Crippen molar-refractivity contribution in [2.24, 2.45) is 11.8 Å². The van der Waals surface area contributed by atoms with Crippen molar-refractivity contribution >= 4 is 0 Å². The Morgan fingerprint density at radius 2 is 2.12 bits per heavy atom. The van der Waals surface area contributed by atoms with Crippen molar-refractivity contribution in [2.45, 2.75) is 26.3 Å². The molecule has 3 rings (SSSR count). The highest BCUT2D eigenvalue weighted by Gasteiger charge is 2.36. The zero-order valence-electron chi connectivity index (χ0n) is 10.4. The standard InChI is InChI=1S/C12H20N4O/c1-2-3-12-14-11(15-17-12)8-16-6-9-4-13-5-10(9)7-16/h9-10,13H,2-8H2,1H3. The minimum absolute atomic E-state index is 0.781. The lowest BCUT2D eigenvalue weighted by atomic mass is 10.0. The summed E-state index contributed by atoms with van der Waals surface area (Å²) in [5, 5.41) is 7.50. The van der Waals surface area contributed by atoms with Gasteiger partial charge in [0.1, 0.15) is 0 Å². The van der Waals surface area contributed by atoms with Crippen molar-refractivity contribution in [1.82, 2.24) is 20.4 Å². The van der Waals surface area contributed by atoms with Crippen LogP contribution in [-0.4, -0.2) is 41.2 Å². The Morgan fingerprint density at radius 1 is 1.35 bits per heavy atom. The predicted octanol–water partition coefficient (Wildman–Crippen LogP) is 0.673. The van der Waals surface area contributed by atoms with Crippen LogP contribution < -0.4 is 5.32 Å². The first-order valence-electron chi connectivity index (χ1n) is 6.59. The molecule has 0 amide bonds. The summed E-state index contributed by atoms with van der Waals surface area (Å²) in [6.45, 7) is 7.67. The summed E-state index contributed by atoms with van der Waals surface area (Å²) in [4.78, 5) is 6.88. The van der Waals surface area contributed by atoms with Gasteiger partial charge in [-0.15, -0.1) is 0 Å². The van der Waals surface area contributed by atoms with E-state index in [0.29, 0.717) is 0 Å². The van der Waals surface area contributed by atoms with E-state index in [2.05, 4.69) is 27.3 Å². The number of hydrogen-bond acceptors (Lipinski definition) is 5. The molecule has 2 atom stereocenters. The third kappa shape index (κ3) is 2.35. The van der Waals surface area contributed by atoms with Gasteiger partial charge < -0.3 is 9.84 Å². The quantitative estimate of drug-likeness (QED) is 0.833. The number of aromatic nitrogens is 2. The number of nitrogens with zero attached hydrogens (tertiary/aromatic N) is 3. The van der Waals surface area contributed by atoms with E-state index in [0.717, 1.165) is 42.9 Å². The van der Waals surface area contributed by atoms with Crippen LogP contribution in [0.3, 0.4) is 0 Å². The first kappa shape index (κ1) is 11.2. The normalized spacial score (nSPS) is 28.8. The molecule has 17 heavy (non-hydrogen) atoms. The summed E-state index contributed by atoms with van der Waals surface area (Å²) >= 11 is 0. The molecule has 0 spiro atoms. The Morgan fingerprint density at radius 3 is 2.82 bits per heavy atom. The van der Waals surface area contributed by atoms with Gasteiger partial charge in [0, 0.05) is 19.5 Å². The van der Waals surface area contributed by atoms with Gasteiger partial charge in [-0.1, -0.05) is 12.1 Å². The van der Waals surface area contributed by atoms with E-state index in [1.165, 1.54) is 26.2 Å². The van der Waals surface area contributed by atoms with Gasteiger partial charge in [-0.05, 0) is 31.3 Å². The van der Waals surface area contributed by atoms with E-state index < -0.39 is 0 Å². The maximum absolute atomic E-state index is 5.21. The molecule has 2 unspecified atom stereocenters. The molecule has 0 bridgehead atoms. The lowest BCUT2D eigenvalue weighted by Crippen LogP contribution is -2.25. The van der Waals surface area contributed by atoms with Crippen molar-refractivity contribution in [2.75, 3.05) is 26.2 Å². The van der Waals surface area contributed by atoms with Gasteiger partial charge in [0.25, 0.3) is 0 Å². The maximum Gasteiger partial charge on any atom is 0.226 e. The number of hydrogen-bond donors (Lipinski definition) is 1. The molecule has 1 aromatic heterocycles. The van der Waals surface area contributed by atoms with E-state index >= 15 is 0 Å². The second-order valence-electron chi connectivity index (χ2n) is 5.23. The molecule has 2 fully saturated rings. The van der Waals surface area contributed by atoms with Crippen LogP contribution in [-0.2, 0) is 13.0 Å². The average Bonchev–Trinajstić information content (AvgIpc) is 2.95. The minimum atomic E-state index is 0.781. The van der Waals surface area contributed by atoms with Gasteiger partial charge in [-0.25, -0.2) is 0 Å². The zero-order chi connectivity index (χ0) is 11.7. The van der Waals surface area contributed by atoms with E-state index in [1.807, 2.05) is 0 Å². The highest BCUT2D eigenvalue weighted by molar-refractivity contribution is 4.94. The Bertz CT molecular complexity index is 366. The first-order chi connectivity index (χ1) is 8.35. The molecule has 94 valence electrons. The molecule has 0 radical (unpaired) electrons. The molecule has 3 heterocycles. The maximum atomic E-state index is 5.21. The Labute approximate surface area is 102 Å². The minimum Gasteiger partial charge on any atom is -0.339 e. The third-order valence-corrected chi connectivity index (χ3v) is 3.80. The van der Waals surface area contributed by atoms with Gasteiger partial charge >= 0.3 is 0 Å². The van der Waals surface area contributed by atoms with E-state index in [-0.39, 0.29) is 0 Å². The van der Waals surface area contributed by atoms with Crippen LogP contribution in [0.15, 0.2) is 4.52 Å². The summed E-state index contributed by atoms with van der Waals surface area (Å²) in [5.41, 5.74) is 0. The highest BCUT2D eigenvalue weighted by atomic mass is 16.5. The SMILES string of the molecule is CCCc1nc(CN2CC3CNCC3C2)no1. The second-order valence-corrected chi connectivity index (χ2v) is 5.23. The van der Waals surface area contributed by atoms with E-state index in [9.17, 15) is 0 Å². The fourth-order valence-corrected chi connectivity index (χ4v) is 2.95. The largest absolute Gasteiger partial charge is 0.339 e. The van der Waals surface area contributed by atoms with Crippen molar-refractivity contribution in [1.29, 1.82) is 0 Å². The molecule has 5 nitrogen and oxygen atoms in total. The van der Waals surface area contributed by atoms with Crippen molar-refractivity contribution < 1.29 is 4.52 Å². The van der Waals surface area contributed by atoms with E-state index in [1.54, 1.807) is 0 Å². The number of likely N-dealkylation sites (tertiary alicyclic amines) is 1. The molecule has 2 aliphatic rings. The number of aryl methyl sites for hydroxylation is 1. The van der Waals surface area contributed by atoms with Gasteiger partial charge in [-0.2, -0.15) is 4.98 Å². The Hall–Kier alpha value is -0.940. The molecule has 2 aliphatic heterocycles. The smallest absolute Gasteiger partial charge is 0.226 e. The summed E-state index contributed by atoms with van der Waals surface area (Å²) in [7, 11) is 0. The van der Waals surface area contributed by atoms with Crippen LogP contribution in [0.2, 0.25) is 0 Å². The summed E-state index contributed by atoms with van der Waals surface area (Å²) in [6, 6.07) is 0. The highest BCUT2D eigenvalue weighted by Crippen LogP contribution is 2.26. The number of rotatable bonds is 4. The Kier molecular flexibility index (Phi) is 3.11. The first-order valence-corrected chi connectivity index (χ1v) is 6.59. The molecule has 1 aromatic rings. The van der Waals surface area contributed by atoms with Crippen LogP contribution in [0.5, 0.6) is 0 Å². The monoisotopic (exact) mass is 236 g/mol. The number of fused-ring (bicyclic) bond motifs is 1. The fourth-order valence-electron chi connectivity index (χ4n) is 2.95. The molecule has 2 saturated heterocycles. The van der Waals surface area contributed by atoms with E-state index in [4.69, 9.17) is 4.52 Å². The van der Waals surface area contributed by atoms with Gasteiger partial charge in [-0.3, -0.25) is 4.90 Å². The summed E-state index contributed by atoms with van der Waals surface area (Å²) in [5.74, 6) is 3.29. The molecule has 5 heteroatoms. The zero-order valence-corrected chi connectivity index (χ0v) is 10.4. The lowest BCUT2D eigenvalue weighted by molar-refractivity contribution is 0.289. The van der Waals surface area contributed by atoms with Crippen LogP contribution in [0, 0.1) is 11.8 Å². The molecule has 0 saturated carbocycles. The molecular formula is C12H20N4O. The molecule has 0 aromatic carbocycles.